The summed E-state index contributed by atoms with van der Waals surface area (Å²) in [5.74, 6) is -1.72. The van der Waals surface area contributed by atoms with Crippen molar-refractivity contribution < 1.29 is 13.7 Å². The van der Waals surface area contributed by atoms with Gasteiger partial charge in [-0.1, -0.05) is 24.3 Å². The van der Waals surface area contributed by atoms with Crippen LogP contribution in [0.2, 0.25) is 0 Å². The molecule has 0 aliphatic heterocycles. The van der Waals surface area contributed by atoms with Crippen LogP contribution in [-0.4, -0.2) is 14.5 Å². The van der Waals surface area contributed by atoms with Gasteiger partial charge in [0.15, 0.2) is 11.6 Å². The second-order valence-corrected chi connectivity index (χ2v) is 6.41. The molecule has 0 fully saturated rings. The first kappa shape index (κ1) is 19.1. The Hall–Kier alpha value is -4.20. The minimum atomic E-state index is -0.989. The predicted octanol–water partition coefficient (Wildman–Crippen LogP) is 4.74. The van der Waals surface area contributed by atoms with Crippen LogP contribution in [0.25, 0.3) is 28.7 Å². The van der Waals surface area contributed by atoms with Gasteiger partial charge in [0.25, 0.3) is 11.2 Å². The fraction of sp³-hybridized carbons (Fsp3) is 0. The van der Waals surface area contributed by atoms with Gasteiger partial charge in [0.2, 0.25) is 0 Å². The molecular weight excluding hydrogens is 392 g/mol. The van der Waals surface area contributed by atoms with Crippen molar-refractivity contribution in [2.45, 2.75) is 0 Å². The average Bonchev–Trinajstić information content (AvgIpc) is 2.75. The van der Waals surface area contributed by atoms with Crippen LogP contribution in [-0.2, 0) is 0 Å². The molecule has 4 rings (SSSR count). The van der Waals surface area contributed by atoms with Gasteiger partial charge in [-0.25, -0.2) is 13.8 Å². The normalized spacial score (nSPS) is 11.3. The highest BCUT2D eigenvalue weighted by atomic mass is 19.2. The molecule has 6 nitrogen and oxygen atoms in total. The van der Waals surface area contributed by atoms with E-state index >= 15 is 0 Å². The van der Waals surface area contributed by atoms with E-state index in [0.717, 1.165) is 12.1 Å². The van der Waals surface area contributed by atoms with Crippen LogP contribution < -0.4 is 5.56 Å². The minimum absolute atomic E-state index is 0.112. The quantitative estimate of drug-likeness (QED) is 0.363. The third kappa shape index (κ3) is 3.58. The van der Waals surface area contributed by atoms with Crippen LogP contribution in [0.5, 0.6) is 0 Å². The van der Waals surface area contributed by atoms with Gasteiger partial charge in [0.1, 0.15) is 5.82 Å². The largest absolute Gasteiger partial charge is 0.269 e. The van der Waals surface area contributed by atoms with Gasteiger partial charge in [-0.05, 0) is 48.0 Å². The van der Waals surface area contributed by atoms with Gasteiger partial charge in [-0.2, -0.15) is 0 Å². The van der Waals surface area contributed by atoms with Crippen molar-refractivity contribution in [3.63, 3.8) is 0 Å². The number of halogens is 2. The van der Waals surface area contributed by atoms with Gasteiger partial charge in [0.05, 0.1) is 21.5 Å². The molecule has 0 bridgehead atoms. The van der Waals surface area contributed by atoms with Crippen molar-refractivity contribution in [3.05, 3.63) is 110 Å². The van der Waals surface area contributed by atoms with Crippen molar-refractivity contribution in [2.75, 3.05) is 0 Å². The smallest absolute Gasteiger partial charge is 0.268 e. The molecule has 0 amide bonds. The lowest BCUT2D eigenvalue weighted by Crippen LogP contribution is -2.22. The Bertz CT molecular complexity index is 1360. The number of para-hydroxylation sites is 1. The van der Waals surface area contributed by atoms with Crippen molar-refractivity contribution >= 4 is 28.7 Å². The van der Waals surface area contributed by atoms with Crippen LogP contribution in [0.1, 0.15) is 11.4 Å². The van der Waals surface area contributed by atoms with E-state index in [-0.39, 0.29) is 17.1 Å². The second-order valence-electron chi connectivity index (χ2n) is 6.41. The summed E-state index contributed by atoms with van der Waals surface area (Å²) in [6, 6.07) is 15.7. The summed E-state index contributed by atoms with van der Waals surface area (Å²) in [5, 5.41) is 11.3. The first-order valence-electron chi connectivity index (χ1n) is 8.84. The molecule has 0 saturated carbocycles. The van der Waals surface area contributed by atoms with Gasteiger partial charge in [0, 0.05) is 12.1 Å². The van der Waals surface area contributed by atoms with Crippen molar-refractivity contribution in [1.82, 2.24) is 9.55 Å². The summed E-state index contributed by atoms with van der Waals surface area (Å²) < 4.78 is 28.0. The number of rotatable bonds is 4. The van der Waals surface area contributed by atoms with Crippen molar-refractivity contribution in [1.29, 1.82) is 0 Å². The zero-order valence-corrected chi connectivity index (χ0v) is 15.3. The monoisotopic (exact) mass is 405 g/mol. The van der Waals surface area contributed by atoms with Crippen molar-refractivity contribution in [3.8, 4) is 5.69 Å². The molecule has 0 unspecified atom stereocenters. The molecule has 3 aromatic carbocycles. The van der Waals surface area contributed by atoms with Crippen LogP contribution in [0.3, 0.4) is 0 Å². The molecule has 0 aliphatic carbocycles. The lowest BCUT2D eigenvalue weighted by atomic mass is 10.2. The number of hydrogen-bond donors (Lipinski definition) is 0. The first-order chi connectivity index (χ1) is 14.4. The zero-order chi connectivity index (χ0) is 21.3. The fourth-order valence-corrected chi connectivity index (χ4v) is 3.02. The number of fused-ring (bicyclic) bond motifs is 1. The maximum Gasteiger partial charge on any atom is 0.269 e. The molecule has 0 aliphatic rings. The third-order valence-corrected chi connectivity index (χ3v) is 4.49. The lowest BCUT2D eigenvalue weighted by Gasteiger charge is -2.11. The van der Waals surface area contributed by atoms with E-state index in [1.807, 2.05) is 0 Å². The zero-order valence-electron chi connectivity index (χ0n) is 15.3. The number of benzene rings is 3. The topological polar surface area (TPSA) is 78.0 Å². The van der Waals surface area contributed by atoms with Crippen molar-refractivity contribution in [2.24, 2.45) is 0 Å². The fourth-order valence-electron chi connectivity index (χ4n) is 3.02. The predicted molar refractivity (Wildman–Crippen MR) is 109 cm³/mol. The molecule has 1 heterocycles. The Morgan fingerprint density at radius 2 is 1.67 bits per heavy atom. The third-order valence-electron chi connectivity index (χ3n) is 4.49. The Labute approximate surface area is 168 Å². The van der Waals surface area contributed by atoms with Gasteiger partial charge in [-0.15, -0.1) is 0 Å². The van der Waals surface area contributed by atoms with Gasteiger partial charge < -0.3 is 0 Å². The highest BCUT2D eigenvalue weighted by molar-refractivity contribution is 5.80. The molecule has 0 atom stereocenters. The van der Waals surface area contributed by atoms with Crippen LogP contribution in [0.15, 0.2) is 71.5 Å². The molecule has 4 aromatic rings. The molecule has 0 N–H and O–H groups in total. The molecule has 8 heteroatoms. The van der Waals surface area contributed by atoms with E-state index in [1.165, 1.54) is 47.1 Å². The van der Waals surface area contributed by atoms with Crippen LogP contribution in [0, 0.1) is 21.7 Å². The van der Waals surface area contributed by atoms with E-state index in [4.69, 9.17) is 0 Å². The summed E-state index contributed by atoms with van der Waals surface area (Å²) in [4.78, 5) is 28.0. The lowest BCUT2D eigenvalue weighted by molar-refractivity contribution is -0.384. The number of aromatic nitrogens is 2. The first-order valence-corrected chi connectivity index (χ1v) is 8.84. The number of hydrogen-bond acceptors (Lipinski definition) is 4. The SMILES string of the molecule is O=c1c2ccccc2nc(/C=C\c2ccc(F)c(F)c2)n1-c1ccc([N+](=O)[O-])cc1. The summed E-state index contributed by atoms with van der Waals surface area (Å²) in [6.45, 7) is 0. The number of non-ortho nitro benzene ring substituents is 1. The summed E-state index contributed by atoms with van der Waals surface area (Å²) in [6.07, 6.45) is 3.00. The average molecular weight is 405 g/mol. The van der Waals surface area contributed by atoms with Gasteiger partial charge in [-0.3, -0.25) is 19.5 Å². The molecule has 0 saturated heterocycles. The molecule has 1 aromatic heterocycles. The van der Waals surface area contributed by atoms with Crippen LogP contribution >= 0.6 is 0 Å². The number of nitrogens with zero attached hydrogens (tertiary/aromatic N) is 3. The standard InChI is InChI=1S/C22H13F2N3O3/c23-18-11-5-14(13-19(18)24)6-12-21-25-20-4-2-1-3-17(20)22(28)26(21)15-7-9-16(10-8-15)27(29)30/h1-13H/b12-6-. The number of nitro groups is 1. The molecule has 0 spiro atoms. The number of nitro benzene ring substituents is 1. The van der Waals surface area contributed by atoms with E-state index in [2.05, 4.69) is 4.98 Å². The Kier molecular flexibility index (Phi) is 4.89. The summed E-state index contributed by atoms with van der Waals surface area (Å²) in [7, 11) is 0. The van der Waals surface area contributed by atoms with Gasteiger partial charge >= 0.3 is 0 Å². The Balaban J connectivity index is 1.89. The maximum absolute atomic E-state index is 13.5. The molecule has 148 valence electrons. The molecule has 0 radical (unpaired) electrons. The molecular formula is C22H13F2N3O3. The summed E-state index contributed by atoms with van der Waals surface area (Å²) in [5.41, 5.74) is 0.754. The second kappa shape index (κ2) is 7.67. The maximum atomic E-state index is 13.5. The van der Waals surface area contributed by atoms with E-state index in [9.17, 15) is 23.7 Å². The van der Waals surface area contributed by atoms with Crippen LogP contribution in [0.4, 0.5) is 14.5 Å². The molecule has 30 heavy (non-hydrogen) atoms. The summed E-state index contributed by atoms with van der Waals surface area (Å²) >= 11 is 0. The Morgan fingerprint density at radius 1 is 0.933 bits per heavy atom. The van der Waals surface area contributed by atoms with E-state index in [1.54, 1.807) is 24.3 Å². The minimum Gasteiger partial charge on any atom is -0.268 e. The Morgan fingerprint density at radius 3 is 2.37 bits per heavy atom. The van der Waals surface area contributed by atoms with E-state index in [0.29, 0.717) is 22.2 Å². The highest BCUT2D eigenvalue weighted by Crippen LogP contribution is 2.19. The highest BCUT2D eigenvalue weighted by Gasteiger charge is 2.13. The van der Waals surface area contributed by atoms with E-state index < -0.39 is 16.6 Å².